The van der Waals surface area contributed by atoms with Gasteiger partial charge in [-0.25, -0.2) is 4.79 Å². The number of hydrogen-bond donors (Lipinski definition) is 3. The van der Waals surface area contributed by atoms with Crippen LogP contribution in [-0.2, 0) is 4.74 Å². The summed E-state index contributed by atoms with van der Waals surface area (Å²) >= 11 is 0. The number of nitrogens with one attached hydrogen (secondary N) is 2. The molecule has 0 radical (unpaired) electrons. The number of carbonyl (C=O) groups excluding carboxylic acids is 1. The van der Waals surface area contributed by atoms with Crippen molar-refractivity contribution >= 4 is 6.09 Å². The lowest BCUT2D eigenvalue weighted by Crippen LogP contribution is -2.36. The molecule has 90 valence electrons. The Hall–Kier alpha value is -0.810. The van der Waals surface area contributed by atoms with Gasteiger partial charge in [0, 0.05) is 19.7 Å². The first kappa shape index (κ1) is 14.2. The summed E-state index contributed by atoms with van der Waals surface area (Å²) < 4.78 is 5.05. The molecule has 0 aromatic carbocycles. The molecule has 0 aliphatic heterocycles. The Balaban J connectivity index is 3.32. The molecule has 0 aliphatic carbocycles. The van der Waals surface area contributed by atoms with E-state index >= 15 is 0 Å². The number of aliphatic hydroxyl groups is 1. The molecule has 3 N–H and O–H groups in total. The molecule has 15 heavy (non-hydrogen) atoms. The Morgan fingerprint density at radius 1 is 1.27 bits per heavy atom. The number of carbonyl (C=O) groups is 1. The molecule has 0 saturated heterocycles. The van der Waals surface area contributed by atoms with Crippen molar-refractivity contribution in [1.82, 2.24) is 10.6 Å². The minimum absolute atomic E-state index is 0.187. The van der Waals surface area contributed by atoms with E-state index in [1.165, 1.54) is 0 Å². The average Bonchev–Trinajstić information content (AvgIpc) is 2.08. The molecule has 0 aromatic heterocycles. The van der Waals surface area contributed by atoms with Gasteiger partial charge in [0.05, 0.1) is 0 Å². The Morgan fingerprint density at radius 2 is 1.93 bits per heavy atom. The van der Waals surface area contributed by atoms with Crippen LogP contribution in [-0.4, -0.2) is 43.0 Å². The van der Waals surface area contributed by atoms with Crippen LogP contribution in [0.15, 0.2) is 0 Å². The molecule has 5 heteroatoms. The van der Waals surface area contributed by atoms with Crippen molar-refractivity contribution in [3.05, 3.63) is 0 Å². The zero-order valence-electron chi connectivity index (χ0n) is 9.80. The SMILES string of the molecule is CC(C)(C)OC(=O)NCCNCCCO. The maximum absolute atomic E-state index is 11.1. The number of alkyl carbamates (subject to hydrolysis) is 1. The second kappa shape index (κ2) is 7.48. The van der Waals surface area contributed by atoms with Crippen LogP contribution in [0.25, 0.3) is 0 Å². The topological polar surface area (TPSA) is 70.6 Å². The van der Waals surface area contributed by atoms with E-state index in [2.05, 4.69) is 10.6 Å². The Labute approximate surface area is 91.2 Å². The van der Waals surface area contributed by atoms with E-state index in [0.717, 1.165) is 13.0 Å². The summed E-state index contributed by atoms with van der Waals surface area (Å²) in [6.07, 6.45) is 0.332. The minimum atomic E-state index is -0.450. The van der Waals surface area contributed by atoms with Gasteiger partial charge in [0.25, 0.3) is 0 Å². The quantitative estimate of drug-likeness (QED) is 0.567. The third-order valence-electron chi connectivity index (χ3n) is 1.48. The minimum Gasteiger partial charge on any atom is -0.444 e. The summed E-state index contributed by atoms with van der Waals surface area (Å²) in [6, 6.07) is 0. The van der Waals surface area contributed by atoms with Crippen LogP contribution in [0.5, 0.6) is 0 Å². The normalized spacial score (nSPS) is 11.2. The molecule has 0 unspecified atom stereocenters. The molecule has 0 saturated carbocycles. The predicted octanol–water partition coefficient (Wildman–Crippen LogP) is 0.483. The standard InChI is InChI=1S/C10H22N2O3/c1-10(2,3)15-9(14)12-7-6-11-5-4-8-13/h11,13H,4-8H2,1-3H3,(H,12,14). The Morgan fingerprint density at radius 3 is 2.47 bits per heavy atom. The van der Waals surface area contributed by atoms with Crippen molar-refractivity contribution in [2.45, 2.75) is 32.8 Å². The number of hydrogen-bond acceptors (Lipinski definition) is 4. The van der Waals surface area contributed by atoms with E-state index in [9.17, 15) is 4.79 Å². The van der Waals surface area contributed by atoms with Crippen LogP contribution in [0.4, 0.5) is 4.79 Å². The maximum Gasteiger partial charge on any atom is 0.407 e. The van der Waals surface area contributed by atoms with Crippen molar-refractivity contribution in [3.63, 3.8) is 0 Å². The van der Waals surface area contributed by atoms with E-state index in [0.29, 0.717) is 13.1 Å². The summed E-state index contributed by atoms with van der Waals surface area (Å²) in [6.45, 7) is 7.63. The first-order valence-electron chi connectivity index (χ1n) is 5.24. The molecule has 0 aromatic rings. The highest BCUT2D eigenvalue weighted by atomic mass is 16.6. The molecular weight excluding hydrogens is 196 g/mol. The first-order valence-corrected chi connectivity index (χ1v) is 5.24. The lowest BCUT2D eigenvalue weighted by Gasteiger charge is -2.19. The molecule has 0 bridgehead atoms. The first-order chi connectivity index (χ1) is 6.95. The van der Waals surface area contributed by atoms with Gasteiger partial charge in [-0.05, 0) is 33.7 Å². The van der Waals surface area contributed by atoms with Gasteiger partial charge in [0.1, 0.15) is 5.60 Å². The summed E-state index contributed by atoms with van der Waals surface area (Å²) in [5, 5.41) is 14.2. The molecular formula is C10H22N2O3. The molecule has 0 fully saturated rings. The Kier molecular flexibility index (Phi) is 7.07. The molecule has 0 spiro atoms. The fourth-order valence-electron chi connectivity index (χ4n) is 0.896. The van der Waals surface area contributed by atoms with E-state index in [4.69, 9.17) is 9.84 Å². The van der Waals surface area contributed by atoms with Crippen LogP contribution >= 0.6 is 0 Å². The van der Waals surface area contributed by atoms with Crippen LogP contribution in [0.1, 0.15) is 27.2 Å². The van der Waals surface area contributed by atoms with Gasteiger partial charge in [-0.3, -0.25) is 0 Å². The molecule has 0 heterocycles. The van der Waals surface area contributed by atoms with Gasteiger partial charge in [-0.15, -0.1) is 0 Å². The van der Waals surface area contributed by atoms with Gasteiger partial charge < -0.3 is 20.5 Å². The van der Waals surface area contributed by atoms with Crippen LogP contribution in [0.2, 0.25) is 0 Å². The monoisotopic (exact) mass is 218 g/mol. The van der Waals surface area contributed by atoms with Crippen molar-refractivity contribution in [2.75, 3.05) is 26.2 Å². The highest BCUT2D eigenvalue weighted by Crippen LogP contribution is 2.05. The van der Waals surface area contributed by atoms with Crippen molar-refractivity contribution in [3.8, 4) is 0 Å². The molecule has 1 amide bonds. The van der Waals surface area contributed by atoms with Crippen molar-refractivity contribution in [1.29, 1.82) is 0 Å². The maximum atomic E-state index is 11.1. The van der Waals surface area contributed by atoms with E-state index in [1.807, 2.05) is 20.8 Å². The molecule has 0 rings (SSSR count). The Bertz CT molecular complexity index is 178. The van der Waals surface area contributed by atoms with Gasteiger partial charge >= 0.3 is 6.09 Å². The van der Waals surface area contributed by atoms with Crippen molar-refractivity contribution in [2.24, 2.45) is 0 Å². The van der Waals surface area contributed by atoms with Gasteiger partial charge in [0.15, 0.2) is 0 Å². The molecule has 0 atom stereocenters. The second-order valence-electron chi connectivity index (χ2n) is 4.26. The summed E-state index contributed by atoms with van der Waals surface area (Å²) in [5.74, 6) is 0. The van der Waals surface area contributed by atoms with Crippen LogP contribution in [0, 0.1) is 0 Å². The van der Waals surface area contributed by atoms with E-state index in [-0.39, 0.29) is 6.61 Å². The zero-order chi connectivity index (χ0) is 11.7. The highest BCUT2D eigenvalue weighted by Gasteiger charge is 2.15. The highest BCUT2D eigenvalue weighted by molar-refractivity contribution is 5.67. The fourth-order valence-corrected chi connectivity index (χ4v) is 0.896. The lowest BCUT2D eigenvalue weighted by molar-refractivity contribution is 0.0528. The van der Waals surface area contributed by atoms with Gasteiger partial charge in [0.2, 0.25) is 0 Å². The summed E-state index contributed by atoms with van der Waals surface area (Å²) in [5.41, 5.74) is -0.450. The number of ether oxygens (including phenoxy) is 1. The van der Waals surface area contributed by atoms with E-state index in [1.54, 1.807) is 0 Å². The average molecular weight is 218 g/mol. The van der Waals surface area contributed by atoms with E-state index < -0.39 is 11.7 Å². The third-order valence-corrected chi connectivity index (χ3v) is 1.48. The molecule has 5 nitrogen and oxygen atoms in total. The molecule has 0 aliphatic rings. The third kappa shape index (κ3) is 11.1. The zero-order valence-corrected chi connectivity index (χ0v) is 9.80. The van der Waals surface area contributed by atoms with Crippen LogP contribution in [0.3, 0.4) is 0 Å². The second-order valence-corrected chi connectivity index (χ2v) is 4.26. The predicted molar refractivity (Wildman–Crippen MR) is 58.8 cm³/mol. The number of rotatable bonds is 6. The number of aliphatic hydroxyl groups excluding tert-OH is 1. The fraction of sp³-hybridized carbons (Fsp3) is 0.900. The van der Waals surface area contributed by atoms with Gasteiger partial charge in [-0.2, -0.15) is 0 Å². The van der Waals surface area contributed by atoms with Crippen LogP contribution < -0.4 is 10.6 Å². The lowest BCUT2D eigenvalue weighted by atomic mass is 10.2. The van der Waals surface area contributed by atoms with Crippen molar-refractivity contribution < 1.29 is 14.6 Å². The summed E-state index contributed by atoms with van der Waals surface area (Å²) in [7, 11) is 0. The number of amides is 1. The van der Waals surface area contributed by atoms with Gasteiger partial charge in [-0.1, -0.05) is 0 Å². The smallest absolute Gasteiger partial charge is 0.407 e. The summed E-state index contributed by atoms with van der Waals surface area (Å²) in [4.78, 5) is 11.1. The largest absolute Gasteiger partial charge is 0.444 e.